The van der Waals surface area contributed by atoms with Crippen LogP contribution in [0.4, 0.5) is 5.13 Å². The molecule has 1 N–H and O–H groups in total. The van der Waals surface area contributed by atoms with Crippen molar-refractivity contribution < 1.29 is 19.1 Å². The van der Waals surface area contributed by atoms with Crippen LogP contribution in [-0.2, 0) is 27.2 Å². The fourth-order valence-corrected chi connectivity index (χ4v) is 5.82. The number of hydrogen-bond donors (Lipinski definition) is 1. The lowest BCUT2D eigenvalue weighted by molar-refractivity contribution is -0.116. The lowest BCUT2D eigenvalue weighted by Crippen LogP contribution is -2.27. The Kier molecular flexibility index (Phi) is 7.16. The SMILES string of the molecule is Cc1c(C(=O)OCCc2ccccc2)sc2ncn(CC(=O)Nc3nnc(C4CCCO4)s3)c(=O)c12. The van der Waals surface area contributed by atoms with Crippen LogP contribution >= 0.6 is 22.7 Å². The number of esters is 1. The van der Waals surface area contributed by atoms with E-state index < -0.39 is 17.4 Å². The zero-order chi connectivity index (χ0) is 25.1. The Balaban J connectivity index is 1.25. The number of carbonyl (C=O) groups is 2. The highest BCUT2D eigenvalue weighted by Gasteiger charge is 2.23. The Labute approximate surface area is 213 Å². The van der Waals surface area contributed by atoms with E-state index in [9.17, 15) is 14.4 Å². The number of carbonyl (C=O) groups excluding carboxylic acids is 2. The smallest absolute Gasteiger partial charge is 0.348 e. The number of anilines is 1. The van der Waals surface area contributed by atoms with E-state index in [1.54, 1.807) is 6.92 Å². The normalized spacial score (nSPS) is 15.3. The quantitative estimate of drug-likeness (QED) is 0.347. The number of nitrogens with zero attached hydrogens (tertiary/aromatic N) is 4. The average Bonchev–Trinajstić information content (AvgIpc) is 3.62. The van der Waals surface area contributed by atoms with Crippen molar-refractivity contribution in [2.24, 2.45) is 0 Å². The molecule has 0 saturated carbocycles. The number of fused-ring (bicyclic) bond motifs is 1. The van der Waals surface area contributed by atoms with E-state index in [0.29, 0.717) is 38.8 Å². The molecule has 5 rings (SSSR count). The molecule has 1 atom stereocenters. The summed E-state index contributed by atoms with van der Waals surface area (Å²) < 4.78 is 12.2. The van der Waals surface area contributed by atoms with Crippen LogP contribution in [0.15, 0.2) is 41.5 Å². The first-order valence-electron chi connectivity index (χ1n) is 11.4. The summed E-state index contributed by atoms with van der Waals surface area (Å²) in [6.07, 6.45) is 3.68. The fourth-order valence-electron chi connectivity index (χ4n) is 3.94. The maximum absolute atomic E-state index is 13.1. The van der Waals surface area contributed by atoms with Gasteiger partial charge in [0.25, 0.3) is 5.56 Å². The molecule has 4 heterocycles. The van der Waals surface area contributed by atoms with Gasteiger partial charge < -0.3 is 9.47 Å². The topological polar surface area (TPSA) is 125 Å². The van der Waals surface area contributed by atoms with Crippen molar-refractivity contribution >= 4 is 49.9 Å². The molecule has 0 aliphatic carbocycles. The third-order valence-electron chi connectivity index (χ3n) is 5.78. The van der Waals surface area contributed by atoms with Crippen molar-refractivity contribution in [1.29, 1.82) is 0 Å². The lowest BCUT2D eigenvalue weighted by Gasteiger charge is -2.05. The monoisotopic (exact) mass is 525 g/mol. The lowest BCUT2D eigenvalue weighted by atomic mass is 10.2. The first kappa shape index (κ1) is 24.2. The van der Waals surface area contributed by atoms with Gasteiger partial charge in [-0.25, -0.2) is 9.78 Å². The molecule has 36 heavy (non-hydrogen) atoms. The zero-order valence-electron chi connectivity index (χ0n) is 19.4. The number of ether oxygens (including phenoxy) is 2. The van der Waals surface area contributed by atoms with Crippen molar-refractivity contribution in [1.82, 2.24) is 19.7 Å². The summed E-state index contributed by atoms with van der Waals surface area (Å²) in [5.74, 6) is -0.921. The van der Waals surface area contributed by atoms with E-state index in [4.69, 9.17) is 9.47 Å². The standard InChI is InChI=1S/C24H23N5O5S2/c1-14-18-21(35-19(14)23(32)34-11-9-15-6-3-2-4-7-15)25-13-29(22(18)31)12-17(30)26-24-28-27-20(36-24)16-8-5-10-33-16/h2-4,6-7,13,16H,5,8-12H2,1H3,(H,26,28,30). The second-order valence-electron chi connectivity index (χ2n) is 8.28. The predicted octanol–water partition coefficient (Wildman–Crippen LogP) is 3.51. The first-order chi connectivity index (χ1) is 17.5. The van der Waals surface area contributed by atoms with Gasteiger partial charge in [-0.05, 0) is 30.9 Å². The van der Waals surface area contributed by atoms with E-state index >= 15 is 0 Å². The van der Waals surface area contributed by atoms with Gasteiger partial charge in [0, 0.05) is 13.0 Å². The number of thiophene rings is 1. The Morgan fingerprint density at radius 3 is 2.83 bits per heavy atom. The molecule has 12 heteroatoms. The first-order valence-corrected chi connectivity index (χ1v) is 13.1. The second-order valence-corrected chi connectivity index (χ2v) is 10.3. The number of benzene rings is 1. The Hall–Kier alpha value is -3.48. The maximum atomic E-state index is 13.1. The van der Waals surface area contributed by atoms with Gasteiger partial charge in [-0.1, -0.05) is 41.7 Å². The van der Waals surface area contributed by atoms with Crippen molar-refractivity contribution in [3.05, 3.63) is 68.0 Å². The van der Waals surface area contributed by atoms with Gasteiger partial charge in [0.2, 0.25) is 11.0 Å². The molecule has 1 amide bonds. The van der Waals surface area contributed by atoms with Gasteiger partial charge in [-0.2, -0.15) is 0 Å². The summed E-state index contributed by atoms with van der Waals surface area (Å²) in [5.41, 5.74) is 1.17. The summed E-state index contributed by atoms with van der Waals surface area (Å²) in [5, 5.41) is 12.1. The molecular formula is C24H23N5O5S2. The predicted molar refractivity (Wildman–Crippen MR) is 136 cm³/mol. The van der Waals surface area contributed by atoms with Crippen molar-refractivity contribution in [3.63, 3.8) is 0 Å². The molecule has 1 aliphatic heterocycles. The van der Waals surface area contributed by atoms with Gasteiger partial charge >= 0.3 is 5.97 Å². The molecule has 1 fully saturated rings. The van der Waals surface area contributed by atoms with Crippen molar-refractivity contribution in [2.45, 2.75) is 38.8 Å². The number of aryl methyl sites for hydroxylation is 1. The molecule has 0 bridgehead atoms. The molecule has 0 spiro atoms. The molecule has 1 unspecified atom stereocenters. The molecule has 0 radical (unpaired) electrons. The van der Waals surface area contributed by atoms with Gasteiger partial charge in [0.05, 0.1) is 18.3 Å². The molecule has 1 aliphatic rings. The third kappa shape index (κ3) is 5.20. The summed E-state index contributed by atoms with van der Waals surface area (Å²) in [4.78, 5) is 43.4. The highest BCUT2D eigenvalue weighted by molar-refractivity contribution is 7.20. The summed E-state index contributed by atoms with van der Waals surface area (Å²) in [6.45, 7) is 2.37. The molecule has 1 saturated heterocycles. The van der Waals surface area contributed by atoms with Crippen LogP contribution < -0.4 is 10.9 Å². The van der Waals surface area contributed by atoms with Crippen molar-refractivity contribution in [2.75, 3.05) is 18.5 Å². The van der Waals surface area contributed by atoms with Crippen LogP contribution in [0, 0.1) is 6.92 Å². The molecule has 1 aromatic carbocycles. The maximum Gasteiger partial charge on any atom is 0.348 e. The van der Waals surface area contributed by atoms with Crippen LogP contribution in [0.25, 0.3) is 10.2 Å². The van der Waals surface area contributed by atoms with E-state index in [1.165, 1.54) is 22.2 Å². The van der Waals surface area contributed by atoms with Crippen LogP contribution in [0.1, 0.15) is 44.8 Å². The minimum atomic E-state index is -0.492. The minimum Gasteiger partial charge on any atom is -0.461 e. The summed E-state index contributed by atoms with van der Waals surface area (Å²) in [7, 11) is 0. The molecule has 4 aromatic rings. The molecule has 186 valence electrons. The van der Waals surface area contributed by atoms with Crippen LogP contribution in [0.3, 0.4) is 0 Å². The van der Waals surface area contributed by atoms with E-state index in [-0.39, 0.29) is 19.3 Å². The molecule has 10 nitrogen and oxygen atoms in total. The zero-order valence-corrected chi connectivity index (χ0v) is 21.1. The van der Waals surface area contributed by atoms with Gasteiger partial charge in [0.15, 0.2) is 0 Å². The Morgan fingerprint density at radius 2 is 2.06 bits per heavy atom. The highest BCUT2D eigenvalue weighted by atomic mass is 32.1. The van der Waals surface area contributed by atoms with Crippen LogP contribution in [0.5, 0.6) is 0 Å². The number of nitrogens with one attached hydrogen (secondary N) is 1. The fraction of sp³-hybridized carbons (Fsp3) is 0.333. The van der Waals surface area contributed by atoms with Crippen LogP contribution in [-0.4, -0.2) is 44.8 Å². The second kappa shape index (κ2) is 10.6. The van der Waals surface area contributed by atoms with Crippen molar-refractivity contribution in [3.8, 4) is 0 Å². The van der Waals surface area contributed by atoms with Gasteiger partial charge in [-0.3, -0.25) is 19.5 Å². The largest absolute Gasteiger partial charge is 0.461 e. The average molecular weight is 526 g/mol. The number of rotatable bonds is 8. The third-order valence-corrected chi connectivity index (χ3v) is 7.89. The van der Waals surface area contributed by atoms with E-state index in [2.05, 4.69) is 20.5 Å². The molecular weight excluding hydrogens is 502 g/mol. The number of aromatic nitrogens is 4. The highest BCUT2D eigenvalue weighted by Crippen LogP contribution is 2.32. The van der Waals surface area contributed by atoms with Crippen LogP contribution in [0.2, 0.25) is 0 Å². The Bertz CT molecular complexity index is 1460. The summed E-state index contributed by atoms with van der Waals surface area (Å²) >= 11 is 2.37. The summed E-state index contributed by atoms with van der Waals surface area (Å²) in [6, 6.07) is 9.73. The number of hydrogen-bond acceptors (Lipinski definition) is 10. The van der Waals surface area contributed by atoms with E-state index in [0.717, 1.165) is 34.7 Å². The van der Waals surface area contributed by atoms with Gasteiger partial charge in [-0.15, -0.1) is 21.5 Å². The van der Waals surface area contributed by atoms with Gasteiger partial charge in [0.1, 0.15) is 27.4 Å². The number of amides is 1. The molecule has 3 aromatic heterocycles. The Morgan fingerprint density at radius 1 is 1.22 bits per heavy atom. The minimum absolute atomic E-state index is 0.0804. The van der Waals surface area contributed by atoms with E-state index in [1.807, 2.05) is 30.3 Å².